The van der Waals surface area contributed by atoms with E-state index in [4.69, 9.17) is 24.7 Å². The van der Waals surface area contributed by atoms with Gasteiger partial charge >= 0.3 is 11.9 Å². The van der Waals surface area contributed by atoms with Crippen molar-refractivity contribution in [2.24, 2.45) is 0 Å². The molecule has 210 valence electrons. The molecule has 0 spiro atoms. The highest BCUT2D eigenvalue weighted by atomic mass is 16.6. The number of nitrogens with zero attached hydrogens (tertiary/aromatic N) is 4. The molecule has 4 atom stereocenters. The molecule has 13 heteroatoms. The molecule has 13 nitrogen and oxygen atoms in total. The number of aryl methyl sites for hydroxylation is 1. The van der Waals surface area contributed by atoms with Gasteiger partial charge in [-0.05, 0) is 33.3 Å². The molecule has 1 saturated heterocycles. The normalized spacial score (nSPS) is 23.2. The van der Waals surface area contributed by atoms with E-state index in [0.717, 1.165) is 0 Å². The van der Waals surface area contributed by atoms with Gasteiger partial charge in [0.15, 0.2) is 17.7 Å². The highest BCUT2D eigenvalue weighted by Gasteiger charge is 2.56. The minimum Gasteiger partial charge on any atom is -0.463 e. The van der Waals surface area contributed by atoms with Crippen LogP contribution in [-0.4, -0.2) is 84.9 Å². The maximum absolute atomic E-state index is 13.2. The molecule has 0 bridgehead atoms. The van der Waals surface area contributed by atoms with E-state index in [9.17, 15) is 19.8 Å². The van der Waals surface area contributed by atoms with Crippen molar-refractivity contribution in [2.45, 2.75) is 63.8 Å². The van der Waals surface area contributed by atoms with Crippen molar-refractivity contribution in [3.8, 4) is 0 Å². The number of esters is 2. The molecular weight excluding hydrogens is 510 g/mol. The van der Waals surface area contributed by atoms with Gasteiger partial charge in [0.05, 0.1) is 26.1 Å². The lowest BCUT2D eigenvalue weighted by atomic mass is 9.92. The van der Waals surface area contributed by atoms with Crippen LogP contribution in [-0.2, 0) is 35.0 Å². The van der Waals surface area contributed by atoms with Crippen LogP contribution in [0.3, 0.4) is 0 Å². The van der Waals surface area contributed by atoms with Gasteiger partial charge in [-0.15, -0.1) is 0 Å². The number of aliphatic hydroxyl groups is 2. The summed E-state index contributed by atoms with van der Waals surface area (Å²) >= 11 is 0. The zero-order valence-corrected chi connectivity index (χ0v) is 22.2. The number of rotatable bonds is 10. The number of carbonyl (C=O) groups excluding carboxylic acids is 2. The fraction of sp³-hybridized carbons (Fsp3) is 0.500. The molecule has 1 aliphatic heterocycles. The summed E-state index contributed by atoms with van der Waals surface area (Å²) in [6.45, 7) is 5.76. The molecule has 3 heterocycles. The first-order valence-electron chi connectivity index (χ1n) is 12.6. The highest BCUT2D eigenvalue weighted by molar-refractivity contribution is 6.04. The smallest absolute Gasteiger partial charge is 0.350 e. The van der Waals surface area contributed by atoms with Gasteiger partial charge < -0.3 is 34.9 Å². The number of aliphatic hydroxyl groups excluding tert-OH is 1. The van der Waals surface area contributed by atoms with Crippen LogP contribution in [0.25, 0.3) is 11.2 Å². The monoisotopic (exact) mass is 543 g/mol. The number of imidazole rings is 1. The van der Waals surface area contributed by atoms with E-state index in [1.54, 1.807) is 51.1 Å². The molecule has 1 aliphatic rings. The summed E-state index contributed by atoms with van der Waals surface area (Å²) in [5.41, 5.74) is 3.14. The quantitative estimate of drug-likeness (QED) is 0.243. The molecule has 0 amide bonds. The maximum Gasteiger partial charge on any atom is 0.350 e. The lowest BCUT2D eigenvalue weighted by Crippen LogP contribution is -2.55. The second-order valence-corrected chi connectivity index (χ2v) is 9.41. The van der Waals surface area contributed by atoms with E-state index < -0.39 is 48.2 Å². The second kappa shape index (κ2) is 11.2. The van der Waals surface area contributed by atoms with Crippen molar-refractivity contribution in [1.82, 2.24) is 19.5 Å². The minimum atomic E-state index is -2.18. The molecule has 1 fully saturated rings. The molecule has 3 aromatic rings. The van der Waals surface area contributed by atoms with Crippen molar-refractivity contribution in [2.75, 3.05) is 25.6 Å². The van der Waals surface area contributed by atoms with Crippen molar-refractivity contribution < 1.29 is 38.7 Å². The zero-order valence-electron chi connectivity index (χ0n) is 22.2. The summed E-state index contributed by atoms with van der Waals surface area (Å²) in [4.78, 5) is 39.1. The van der Waals surface area contributed by atoms with Gasteiger partial charge in [-0.1, -0.05) is 30.3 Å². The van der Waals surface area contributed by atoms with E-state index in [1.165, 1.54) is 17.8 Å². The van der Waals surface area contributed by atoms with Crippen LogP contribution in [0.2, 0.25) is 0 Å². The summed E-state index contributed by atoms with van der Waals surface area (Å²) in [6, 6.07) is 8.79. The van der Waals surface area contributed by atoms with Gasteiger partial charge in [0.1, 0.15) is 29.2 Å². The van der Waals surface area contributed by atoms with Gasteiger partial charge in [-0.2, -0.15) is 0 Å². The summed E-state index contributed by atoms with van der Waals surface area (Å²) < 4.78 is 23.9. The number of anilines is 1. The van der Waals surface area contributed by atoms with Crippen LogP contribution in [0, 0.1) is 6.92 Å². The molecule has 0 radical (unpaired) electrons. The SMILES string of the molecule is CCOC(=O)C(Cc1ccccc1)(OC[C@H]1O[C@@H](n2cnc3c(N)nc(C)nc32)[C@H](O)[C@]1(C)O)C(=O)OCC. The number of hydrogen-bond donors (Lipinski definition) is 3. The van der Waals surface area contributed by atoms with Crippen molar-refractivity contribution in [3.05, 3.63) is 48.0 Å². The molecule has 4 N–H and O–H groups in total. The summed E-state index contributed by atoms with van der Waals surface area (Å²) in [5, 5.41) is 22.3. The van der Waals surface area contributed by atoms with Crippen LogP contribution in [0.4, 0.5) is 5.82 Å². The average Bonchev–Trinajstić information content (AvgIpc) is 3.41. The van der Waals surface area contributed by atoms with Gasteiger partial charge in [0.25, 0.3) is 5.60 Å². The molecule has 1 aromatic carbocycles. The number of ether oxygens (including phenoxy) is 4. The Morgan fingerprint density at radius 1 is 1.15 bits per heavy atom. The Balaban J connectivity index is 1.66. The number of nitrogens with two attached hydrogens (primary N) is 1. The fourth-order valence-corrected chi connectivity index (χ4v) is 4.52. The number of carbonyl (C=O) groups is 2. The van der Waals surface area contributed by atoms with E-state index in [2.05, 4.69) is 15.0 Å². The molecule has 0 saturated carbocycles. The summed E-state index contributed by atoms with van der Waals surface area (Å²) in [7, 11) is 0. The van der Waals surface area contributed by atoms with Crippen LogP contribution in [0.1, 0.15) is 38.4 Å². The lowest BCUT2D eigenvalue weighted by molar-refractivity contribution is -0.199. The van der Waals surface area contributed by atoms with Crippen LogP contribution < -0.4 is 5.73 Å². The number of benzene rings is 1. The van der Waals surface area contributed by atoms with Crippen LogP contribution >= 0.6 is 0 Å². The third-order valence-corrected chi connectivity index (χ3v) is 6.65. The summed E-state index contributed by atoms with van der Waals surface area (Å²) in [6.07, 6.45) is -2.60. The Bertz CT molecular complexity index is 1310. The Morgan fingerprint density at radius 2 is 1.79 bits per heavy atom. The maximum atomic E-state index is 13.2. The molecule has 2 aromatic heterocycles. The Kier molecular flexibility index (Phi) is 8.16. The molecular formula is C26H33N5O8. The largest absolute Gasteiger partial charge is 0.463 e. The third-order valence-electron chi connectivity index (χ3n) is 6.65. The Labute approximate surface area is 224 Å². The number of nitrogen functional groups attached to an aromatic ring is 1. The standard InChI is InChI=1S/C26H33N5O8/c1-5-36-23(33)26(24(34)37-6-2,12-16-10-8-7-9-11-16)38-13-17-25(4,35)19(32)22(39-17)31-14-28-18-20(27)29-15(3)30-21(18)31/h7-11,14,17,19,22,32,35H,5-6,12-13H2,1-4H3,(H2,27,29,30)/t17-,19+,22-,25-/m1/s1. The number of aromatic nitrogens is 4. The van der Waals surface area contributed by atoms with E-state index in [1.807, 2.05) is 0 Å². The summed E-state index contributed by atoms with van der Waals surface area (Å²) in [5.74, 6) is -1.34. The number of fused-ring (bicyclic) bond motifs is 1. The topological polar surface area (TPSA) is 181 Å². The minimum absolute atomic E-state index is 0.00528. The van der Waals surface area contributed by atoms with Crippen LogP contribution in [0.5, 0.6) is 0 Å². The predicted molar refractivity (Wildman–Crippen MR) is 137 cm³/mol. The van der Waals surface area contributed by atoms with Crippen LogP contribution in [0.15, 0.2) is 36.7 Å². The molecule has 0 aliphatic carbocycles. The van der Waals surface area contributed by atoms with Gasteiger partial charge in [-0.25, -0.2) is 24.5 Å². The van der Waals surface area contributed by atoms with Crippen molar-refractivity contribution in [1.29, 1.82) is 0 Å². The first-order chi connectivity index (χ1) is 18.5. The molecule has 0 unspecified atom stereocenters. The van der Waals surface area contributed by atoms with Gasteiger partial charge in [0.2, 0.25) is 0 Å². The van der Waals surface area contributed by atoms with E-state index in [0.29, 0.717) is 22.6 Å². The van der Waals surface area contributed by atoms with Gasteiger partial charge in [0, 0.05) is 6.42 Å². The highest BCUT2D eigenvalue weighted by Crippen LogP contribution is 2.39. The first-order valence-corrected chi connectivity index (χ1v) is 12.6. The average molecular weight is 544 g/mol. The first kappa shape index (κ1) is 28.4. The van der Waals surface area contributed by atoms with E-state index in [-0.39, 0.29) is 25.5 Å². The predicted octanol–water partition coefficient (Wildman–Crippen LogP) is 0.851. The Hall–Kier alpha value is -3.65. The van der Waals surface area contributed by atoms with Crippen molar-refractivity contribution >= 4 is 28.9 Å². The fourth-order valence-electron chi connectivity index (χ4n) is 4.52. The number of hydrogen-bond acceptors (Lipinski definition) is 12. The Morgan fingerprint density at radius 3 is 2.41 bits per heavy atom. The van der Waals surface area contributed by atoms with Gasteiger partial charge in [-0.3, -0.25) is 4.57 Å². The zero-order chi connectivity index (χ0) is 28.4. The second-order valence-electron chi connectivity index (χ2n) is 9.41. The van der Waals surface area contributed by atoms with E-state index >= 15 is 0 Å². The van der Waals surface area contributed by atoms with Crippen molar-refractivity contribution in [3.63, 3.8) is 0 Å². The molecule has 4 rings (SSSR count). The lowest BCUT2D eigenvalue weighted by Gasteiger charge is -2.32. The molecule has 39 heavy (non-hydrogen) atoms. The third kappa shape index (κ3) is 5.30.